The summed E-state index contributed by atoms with van der Waals surface area (Å²) in [5, 5.41) is 8.60. The smallest absolute Gasteiger partial charge is 0.238 e. The molecule has 0 bridgehead atoms. The van der Waals surface area contributed by atoms with Gasteiger partial charge in [-0.1, -0.05) is 31.7 Å². The number of fused-ring (bicyclic) bond motifs is 1. The molecule has 0 heterocycles. The molecule has 0 fully saturated rings. The predicted molar refractivity (Wildman–Crippen MR) is 93.4 cm³/mol. The van der Waals surface area contributed by atoms with E-state index in [0.717, 1.165) is 18.5 Å². The molecule has 0 radical (unpaired) electrons. The van der Waals surface area contributed by atoms with Gasteiger partial charge in [0, 0.05) is 10.2 Å². The first-order chi connectivity index (χ1) is 9.95. The first kappa shape index (κ1) is 17.0. The van der Waals surface area contributed by atoms with Gasteiger partial charge in [0.2, 0.25) is 10.0 Å². The van der Waals surface area contributed by atoms with Crippen LogP contribution in [0.1, 0.15) is 31.0 Å². The Hall–Kier alpha value is -1.37. The second-order valence-electron chi connectivity index (χ2n) is 5.12. The summed E-state index contributed by atoms with van der Waals surface area (Å²) in [7, 11) is -3.68. The van der Waals surface area contributed by atoms with Crippen molar-refractivity contribution in [2.75, 3.05) is 5.32 Å². The van der Waals surface area contributed by atoms with Crippen molar-refractivity contribution < 1.29 is 8.42 Å². The van der Waals surface area contributed by atoms with E-state index in [4.69, 9.17) is 5.14 Å². The molecule has 2 aromatic rings. The normalized spacial score (nSPS) is 16.7. The third kappa shape index (κ3) is 3.34. The Morgan fingerprint density at radius 2 is 1.91 bits per heavy atom. The molecular formula is C16H19BrN2O2S. The standard InChI is InChI=1S/C15H15BrN2O2S.CH4/c16-13-9-11(21(17,19)20)6-8-15(13)18-14-7-5-10-3-1-2-4-12(10)14;/h1-4,6,8-9,14,18H,5,7H2,(H2,17,19,20);1H4. The molecule has 0 amide bonds. The third-order valence-corrected chi connectivity index (χ3v) is 5.30. The van der Waals surface area contributed by atoms with Crippen molar-refractivity contribution >= 4 is 31.6 Å². The number of nitrogens with one attached hydrogen (secondary N) is 1. The highest BCUT2D eigenvalue weighted by Crippen LogP contribution is 2.36. The van der Waals surface area contributed by atoms with E-state index in [1.54, 1.807) is 6.07 Å². The van der Waals surface area contributed by atoms with Crippen LogP contribution in [0.2, 0.25) is 0 Å². The minimum Gasteiger partial charge on any atom is -0.377 e. The number of sulfonamides is 1. The van der Waals surface area contributed by atoms with Crippen LogP contribution in [-0.2, 0) is 16.4 Å². The second kappa shape index (κ2) is 6.40. The molecule has 2 aromatic carbocycles. The number of anilines is 1. The summed E-state index contributed by atoms with van der Waals surface area (Å²) in [6.45, 7) is 0. The molecule has 0 aromatic heterocycles. The number of nitrogens with two attached hydrogens (primary N) is 1. The van der Waals surface area contributed by atoms with Crippen LogP contribution >= 0.6 is 15.9 Å². The van der Waals surface area contributed by atoms with E-state index >= 15 is 0 Å². The van der Waals surface area contributed by atoms with Crippen LogP contribution < -0.4 is 10.5 Å². The summed E-state index contributed by atoms with van der Waals surface area (Å²) in [5.41, 5.74) is 3.54. The largest absolute Gasteiger partial charge is 0.377 e. The van der Waals surface area contributed by atoms with Gasteiger partial charge in [0.15, 0.2) is 0 Å². The highest BCUT2D eigenvalue weighted by Gasteiger charge is 2.22. The van der Waals surface area contributed by atoms with Gasteiger partial charge in [0.05, 0.1) is 10.9 Å². The second-order valence-corrected chi connectivity index (χ2v) is 7.54. The van der Waals surface area contributed by atoms with Gasteiger partial charge < -0.3 is 5.32 Å². The quantitative estimate of drug-likeness (QED) is 0.846. The van der Waals surface area contributed by atoms with Crippen molar-refractivity contribution in [1.29, 1.82) is 0 Å². The fourth-order valence-electron chi connectivity index (χ4n) is 2.68. The zero-order valence-electron chi connectivity index (χ0n) is 11.2. The summed E-state index contributed by atoms with van der Waals surface area (Å²) in [6, 6.07) is 13.4. The Labute approximate surface area is 139 Å². The van der Waals surface area contributed by atoms with Gasteiger partial charge in [-0.05, 0) is 58.1 Å². The minimum absolute atomic E-state index is 0. The Morgan fingerprint density at radius 3 is 2.59 bits per heavy atom. The van der Waals surface area contributed by atoms with Crippen LogP contribution in [0, 0.1) is 0 Å². The van der Waals surface area contributed by atoms with Crippen LogP contribution in [0.3, 0.4) is 0 Å². The van der Waals surface area contributed by atoms with Crippen molar-refractivity contribution in [3.05, 3.63) is 58.1 Å². The van der Waals surface area contributed by atoms with Gasteiger partial charge in [0.25, 0.3) is 0 Å². The molecule has 4 nitrogen and oxygen atoms in total. The molecule has 3 rings (SSSR count). The fraction of sp³-hybridized carbons (Fsp3) is 0.250. The van der Waals surface area contributed by atoms with Crippen LogP contribution in [0.25, 0.3) is 0 Å². The lowest BCUT2D eigenvalue weighted by Crippen LogP contribution is -2.13. The molecule has 1 atom stereocenters. The van der Waals surface area contributed by atoms with E-state index in [-0.39, 0.29) is 18.4 Å². The topological polar surface area (TPSA) is 72.2 Å². The van der Waals surface area contributed by atoms with Crippen LogP contribution in [0.15, 0.2) is 51.8 Å². The lowest BCUT2D eigenvalue weighted by Gasteiger charge is -2.17. The van der Waals surface area contributed by atoms with Crippen molar-refractivity contribution in [1.82, 2.24) is 0 Å². The van der Waals surface area contributed by atoms with Gasteiger partial charge in [-0.3, -0.25) is 0 Å². The molecule has 1 aliphatic carbocycles. The number of rotatable bonds is 3. The molecule has 0 spiro atoms. The van der Waals surface area contributed by atoms with Crippen LogP contribution in [-0.4, -0.2) is 8.42 Å². The Bertz CT molecular complexity index is 790. The van der Waals surface area contributed by atoms with Crippen molar-refractivity contribution in [2.24, 2.45) is 5.14 Å². The Morgan fingerprint density at radius 1 is 1.18 bits per heavy atom. The Kier molecular flexibility index (Phi) is 4.94. The lowest BCUT2D eigenvalue weighted by molar-refractivity contribution is 0.598. The summed E-state index contributed by atoms with van der Waals surface area (Å²) < 4.78 is 23.4. The van der Waals surface area contributed by atoms with E-state index in [9.17, 15) is 8.42 Å². The summed E-state index contributed by atoms with van der Waals surface area (Å²) in [6.07, 6.45) is 2.09. The highest BCUT2D eigenvalue weighted by molar-refractivity contribution is 9.10. The third-order valence-electron chi connectivity index (χ3n) is 3.73. The maximum atomic E-state index is 11.3. The molecule has 0 saturated carbocycles. The molecule has 0 aliphatic heterocycles. The Balaban J connectivity index is 0.00000176. The molecule has 22 heavy (non-hydrogen) atoms. The molecule has 3 N–H and O–H groups in total. The van der Waals surface area contributed by atoms with E-state index in [0.29, 0.717) is 4.47 Å². The number of hydrogen-bond donors (Lipinski definition) is 2. The maximum absolute atomic E-state index is 11.3. The number of primary sulfonamides is 1. The predicted octanol–water partition coefficient (Wildman–Crippen LogP) is 3.83. The summed E-state index contributed by atoms with van der Waals surface area (Å²) in [5.74, 6) is 0. The average molecular weight is 383 g/mol. The molecule has 1 unspecified atom stereocenters. The van der Waals surface area contributed by atoms with E-state index in [2.05, 4.69) is 39.4 Å². The van der Waals surface area contributed by atoms with E-state index in [1.165, 1.54) is 23.3 Å². The van der Waals surface area contributed by atoms with Crippen molar-refractivity contribution in [2.45, 2.75) is 31.2 Å². The lowest BCUT2D eigenvalue weighted by atomic mass is 10.1. The molecule has 0 saturated heterocycles. The number of halogens is 1. The SMILES string of the molecule is C.NS(=O)(=O)c1ccc(NC2CCc3ccccc32)c(Br)c1. The van der Waals surface area contributed by atoms with E-state index < -0.39 is 10.0 Å². The summed E-state index contributed by atoms with van der Waals surface area (Å²) >= 11 is 3.40. The molecular weight excluding hydrogens is 364 g/mol. The first-order valence-corrected chi connectivity index (χ1v) is 8.96. The zero-order valence-corrected chi connectivity index (χ0v) is 13.6. The molecule has 118 valence electrons. The zero-order chi connectivity index (χ0) is 15.0. The first-order valence-electron chi connectivity index (χ1n) is 6.62. The van der Waals surface area contributed by atoms with Gasteiger partial charge >= 0.3 is 0 Å². The maximum Gasteiger partial charge on any atom is 0.238 e. The van der Waals surface area contributed by atoms with Gasteiger partial charge in [0.1, 0.15) is 0 Å². The van der Waals surface area contributed by atoms with Crippen LogP contribution in [0.5, 0.6) is 0 Å². The fourth-order valence-corrected chi connectivity index (χ4v) is 3.87. The van der Waals surface area contributed by atoms with Crippen molar-refractivity contribution in [3.8, 4) is 0 Å². The number of benzene rings is 2. The number of hydrogen-bond acceptors (Lipinski definition) is 3. The van der Waals surface area contributed by atoms with Gasteiger partial charge in [-0.2, -0.15) is 0 Å². The number of aryl methyl sites for hydroxylation is 1. The van der Waals surface area contributed by atoms with E-state index in [1.807, 2.05) is 6.07 Å². The summed E-state index contributed by atoms with van der Waals surface area (Å²) in [4.78, 5) is 0.103. The van der Waals surface area contributed by atoms with Gasteiger partial charge in [-0.15, -0.1) is 0 Å². The average Bonchev–Trinajstić information content (AvgIpc) is 2.83. The minimum atomic E-state index is -3.68. The van der Waals surface area contributed by atoms with Crippen molar-refractivity contribution in [3.63, 3.8) is 0 Å². The van der Waals surface area contributed by atoms with Crippen LogP contribution in [0.4, 0.5) is 5.69 Å². The highest BCUT2D eigenvalue weighted by atomic mass is 79.9. The monoisotopic (exact) mass is 382 g/mol. The molecule has 6 heteroatoms. The molecule has 1 aliphatic rings. The van der Waals surface area contributed by atoms with Gasteiger partial charge in [-0.25, -0.2) is 13.6 Å².